The van der Waals surface area contributed by atoms with Gasteiger partial charge >= 0.3 is 0 Å². The third kappa shape index (κ3) is 28.4. The molecule has 0 heterocycles. The molecule has 0 saturated carbocycles. The lowest BCUT2D eigenvalue weighted by molar-refractivity contribution is -0.117. The quantitative estimate of drug-likeness (QED) is 0.104. The van der Waals surface area contributed by atoms with Crippen LogP contribution in [0.2, 0.25) is 0 Å². The molecule has 0 aliphatic rings. The van der Waals surface area contributed by atoms with Gasteiger partial charge < -0.3 is 20.6 Å². The Morgan fingerprint density at radius 2 is 1.58 bits per heavy atom. The van der Waals surface area contributed by atoms with Gasteiger partial charge in [0.25, 0.3) is 0 Å². The molecule has 0 spiro atoms. The minimum Gasteiger partial charge on any atom is -0.388 e. The summed E-state index contributed by atoms with van der Waals surface area (Å²) in [4.78, 5) is 31.4. The van der Waals surface area contributed by atoms with Gasteiger partial charge in [0.15, 0.2) is 5.78 Å². The first kappa shape index (κ1) is 43.9. The maximum atomic E-state index is 11.4. The van der Waals surface area contributed by atoms with E-state index in [9.17, 15) is 9.59 Å². The van der Waals surface area contributed by atoms with Crippen LogP contribution in [-0.4, -0.2) is 38.7 Å². The van der Waals surface area contributed by atoms with Gasteiger partial charge in [-0.2, -0.15) is 0 Å². The number of aryl methyl sites for hydroxylation is 1. The van der Waals surface area contributed by atoms with E-state index in [0.29, 0.717) is 0 Å². The van der Waals surface area contributed by atoms with Crippen LogP contribution in [0.4, 0.5) is 5.69 Å². The van der Waals surface area contributed by atoms with E-state index in [4.69, 9.17) is 15.3 Å². The molecule has 3 N–H and O–H groups in total. The molecule has 2 rings (SSSR count). The Bertz CT molecular complexity index is 1040. The van der Waals surface area contributed by atoms with Crippen molar-refractivity contribution < 1.29 is 19.1 Å². The lowest BCUT2D eigenvalue weighted by Gasteiger charge is -2.07. The Balaban J connectivity index is -0.000000826. The first-order chi connectivity index (χ1) is 20.6. The molecule has 0 aliphatic carbocycles. The standard InChI is InChI=1S/C23H26N2O2.C5H12O.C5H12.C2H4O.C2H6/c1-17(26)12-13-20(21-10-4-8-19(14-21)16-23(24)27)9-3-6-18-7-5-11-22(15-18)25-2;1-3-4-5-6-2;1-4-5(2)3;1-2-3;1-2/h4-5,7-15,25H,3,6,16H2,1-2H3,(H2,24,27);3-5H2,1-2H3;5H,4H2,1-3H3;2H,1H3;1-2H3/b13-12-,20-9+;;;;. The monoisotopic (exact) mass is 596 g/mol. The van der Waals surface area contributed by atoms with E-state index < -0.39 is 0 Å². The van der Waals surface area contributed by atoms with Gasteiger partial charge in [-0.1, -0.05) is 103 Å². The fourth-order valence-corrected chi connectivity index (χ4v) is 3.12. The number of carbonyl (C=O) groups is 3. The Morgan fingerprint density at radius 3 is 2.05 bits per heavy atom. The molecule has 242 valence electrons. The Morgan fingerprint density at radius 1 is 1.00 bits per heavy atom. The van der Waals surface area contributed by atoms with Crippen LogP contribution in [-0.2, 0) is 32.0 Å². The van der Waals surface area contributed by atoms with Crippen molar-refractivity contribution in [2.24, 2.45) is 11.7 Å². The lowest BCUT2D eigenvalue weighted by Crippen LogP contribution is -2.13. The normalized spacial score (nSPS) is 10.1. The van der Waals surface area contributed by atoms with Gasteiger partial charge in [0.05, 0.1) is 6.42 Å². The zero-order valence-electron chi connectivity index (χ0n) is 28.7. The molecular weight excluding hydrogens is 536 g/mol. The number of carbonyl (C=O) groups excluding carboxylic acids is 3. The topological polar surface area (TPSA) is 98.5 Å². The Labute approximate surface area is 263 Å². The van der Waals surface area contributed by atoms with Crippen LogP contribution < -0.4 is 11.1 Å². The fourth-order valence-electron chi connectivity index (χ4n) is 3.12. The highest BCUT2D eigenvalue weighted by Gasteiger charge is 2.04. The van der Waals surface area contributed by atoms with E-state index in [-0.39, 0.29) is 18.1 Å². The number of anilines is 1. The van der Waals surface area contributed by atoms with E-state index in [1.165, 1.54) is 38.7 Å². The molecular formula is C37H60N2O4. The number of aldehydes is 1. The molecule has 2 aromatic rings. The summed E-state index contributed by atoms with van der Waals surface area (Å²) in [6.07, 6.45) is 11.9. The molecule has 0 atom stereocenters. The van der Waals surface area contributed by atoms with Gasteiger partial charge in [-0.15, -0.1) is 0 Å². The zero-order valence-corrected chi connectivity index (χ0v) is 28.7. The van der Waals surface area contributed by atoms with Gasteiger partial charge in [0.1, 0.15) is 6.29 Å². The summed E-state index contributed by atoms with van der Waals surface area (Å²) in [6, 6.07) is 16.0. The third-order valence-corrected chi connectivity index (χ3v) is 5.67. The van der Waals surface area contributed by atoms with Crippen molar-refractivity contribution in [2.45, 2.75) is 93.9 Å². The van der Waals surface area contributed by atoms with E-state index in [1.54, 1.807) is 13.2 Å². The first-order valence-corrected chi connectivity index (χ1v) is 15.5. The van der Waals surface area contributed by atoms with Crippen LogP contribution >= 0.6 is 0 Å². The number of amides is 1. The summed E-state index contributed by atoms with van der Waals surface area (Å²) in [7, 11) is 3.64. The molecule has 43 heavy (non-hydrogen) atoms. The molecule has 2 aromatic carbocycles. The number of hydrogen-bond acceptors (Lipinski definition) is 5. The molecule has 1 amide bonds. The summed E-state index contributed by atoms with van der Waals surface area (Å²) in [5.74, 6) is 0.521. The molecule has 0 aliphatic heterocycles. The fraction of sp³-hybridized carbons (Fsp3) is 0.486. The minimum atomic E-state index is -0.360. The zero-order chi connectivity index (χ0) is 33.5. The van der Waals surface area contributed by atoms with Crippen molar-refractivity contribution in [3.63, 3.8) is 0 Å². The second-order valence-electron chi connectivity index (χ2n) is 9.82. The molecule has 0 bridgehead atoms. The number of rotatable bonds is 13. The van der Waals surface area contributed by atoms with Crippen molar-refractivity contribution in [2.75, 3.05) is 26.1 Å². The maximum Gasteiger partial charge on any atom is 0.221 e. The summed E-state index contributed by atoms with van der Waals surface area (Å²) < 4.78 is 4.78. The van der Waals surface area contributed by atoms with Gasteiger partial charge in [-0.3, -0.25) is 9.59 Å². The Hall–Kier alpha value is -3.51. The summed E-state index contributed by atoms with van der Waals surface area (Å²) in [6.45, 7) is 16.7. The largest absolute Gasteiger partial charge is 0.388 e. The number of unbranched alkanes of at least 4 members (excludes halogenated alkanes) is 1. The SMILES string of the molecule is CC.CC=O.CCC(C)C.CCCCOC.CNc1cccc(CC/C=C(\C=C/C(C)=O)c2cccc(CC(N)=O)c2)c1. The molecule has 0 radical (unpaired) electrons. The van der Waals surface area contributed by atoms with Crippen LogP contribution in [0, 0.1) is 5.92 Å². The highest BCUT2D eigenvalue weighted by Crippen LogP contribution is 2.20. The van der Waals surface area contributed by atoms with Crippen LogP contribution in [0.5, 0.6) is 0 Å². The summed E-state index contributed by atoms with van der Waals surface area (Å²) in [5.41, 5.74) is 10.4. The number of hydrogen-bond donors (Lipinski definition) is 2. The second kappa shape index (κ2) is 31.4. The molecule has 6 heteroatoms. The number of ketones is 1. The average Bonchev–Trinajstić information content (AvgIpc) is 2.99. The van der Waals surface area contributed by atoms with Crippen LogP contribution in [0.25, 0.3) is 5.57 Å². The number of methoxy groups -OCH3 is 1. The van der Waals surface area contributed by atoms with Gasteiger partial charge in [-0.25, -0.2) is 0 Å². The average molecular weight is 597 g/mol. The van der Waals surface area contributed by atoms with Crippen molar-refractivity contribution in [3.05, 3.63) is 83.4 Å². The molecule has 0 unspecified atom stereocenters. The van der Waals surface area contributed by atoms with Crippen LogP contribution in [0.15, 0.2) is 66.8 Å². The second-order valence-corrected chi connectivity index (χ2v) is 9.82. The van der Waals surface area contributed by atoms with E-state index >= 15 is 0 Å². The van der Waals surface area contributed by atoms with Gasteiger partial charge in [0, 0.05) is 26.5 Å². The van der Waals surface area contributed by atoms with Crippen LogP contribution in [0.1, 0.15) is 97.8 Å². The maximum absolute atomic E-state index is 11.4. The van der Waals surface area contributed by atoms with Crippen molar-refractivity contribution in [1.82, 2.24) is 0 Å². The van der Waals surface area contributed by atoms with Crippen molar-refractivity contribution in [3.8, 4) is 0 Å². The minimum absolute atomic E-state index is 0.00379. The van der Waals surface area contributed by atoms with E-state index in [1.807, 2.05) is 63.4 Å². The van der Waals surface area contributed by atoms with Gasteiger partial charge in [-0.05, 0) is 79.5 Å². The number of ether oxygens (including phenoxy) is 1. The smallest absolute Gasteiger partial charge is 0.221 e. The lowest BCUT2D eigenvalue weighted by atomic mass is 9.99. The molecule has 0 fully saturated rings. The number of nitrogens with one attached hydrogen (secondary N) is 1. The highest BCUT2D eigenvalue weighted by molar-refractivity contribution is 5.91. The van der Waals surface area contributed by atoms with Crippen LogP contribution in [0.3, 0.4) is 0 Å². The molecule has 0 saturated heterocycles. The third-order valence-electron chi connectivity index (χ3n) is 5.67. The number of nitrogens with two attached hydrogens (primary N) is 1. The van der Waals surface area contributed by atoms with E-state index in [0.717, 1.165) is 54.0 Å². The van der Waals surface area contributed by atoms with Gasteiger partial charge in [0.2, 0.25) is 5.91 Å². The number of primary amides is 1. The predicted octanol–water partition coefficient (Wildman–Crippen LogP) is 8.63. The molecule has 0 aromatic heterocycles. The Kier molecular flexibility index (Phi) is 32.1. The van der Waals surface area contributed by atoms with Crippen molar-refractivity contribution >= 4 is 29.2 Å². The highest BCUT2D eigenvalue weighted by atomic mass is 16.5. The van der Waals surface area contributed by atoms with Crippen molar-refractivity contribution in [1.29, 1.82) is 0 Å². The van der Waals surface area contributed by atoms with E-state index in [2.05, 4.69) is 51.2 Å². The number of allylic oxidation sites excluding steroid dienone is 4. The number of benzene rings is 2. The summed E-state index contributed by atoms with van der Waals surface area (Å²) >= 11 is 0. The first-order valence-electron chi connectivity index (χ1n) is 15.5. The molecule has 6 nitrogen and oxygen atoms in total. The predicted molar refractivity (Wildman–Crippen MR) is 186 cm³/mol. The summed E-state index contributed by atoms with van der Waals surface area (Å²) in [5, 5.41) is 3.15.